The van der Waals surface area contributed by atoms with Crippen LogP contribution < -0.4 is 10.3 Å². The molecule has 0 saturated heterocycles. The second kappa shape index (κ2) is 6.79. The second-order valence-electron chi connectivity index (χ2n) is 5.05. The lowest BCUT2D eigenvalue weighted by atomic mass is 10.1. The molecule has 2 aromatic rings. The summed E-state index contributed by atoms with van der Waals surface area (Å²) in [6, 6.07) is 8.87. The average Bonchev–Trinajstić information content (AvgIpc) is 2.54. The fraction of sp³-hybridized carbons (Fsp3) is 0.235. The van der Waals surface area contributed by atoms with E-state index >= 15 is 0 Å². The summed E-state index contributed by atoms with van der Waals surface area (Å²) in [5, 5.41) is 9.66. The lowest BCUT2D eigenvalue weighted by Gasteiger charge is -2.16. The van der Waals surface area contributed by atoms with Gasteiger partial charge in [0.1, 0.15) is 17.5 Å². The highest BCUT2D eigenvalue weighted by molar-refractivity contribution is 5.99. The molecule has 23 heavy (non-hydrogen) atoms. The third kappa shape index (κ3) is 3.24. The Bertz CT molecular complexity index is 873. The molecular formula is C17H17N3O3. The SMILES string of the molecule is CCOC(=O)/C(C#N)=C/c1c(N(C)C)[nH]c2ccccc2c1=O. The predicted molar refractivity (Wildman–Crippen MR) is 89.1 cm³/mol. The van der Waals surface area contributed by atoms with Crippen molar-refractivity contribution in [3.63, 3.8) is 0 Å². The van der Waals surface area contributed by atoms with Crippen molar-refractivity contribution in [3.05, 3.63) is 45.6 Å². The molecule has 0 bridgehead atoms. The number of carbonyl (C=O) groups excluding carboxylic acids is 1. The third-order valence-electron chi connectivity index (χ3n) is 3.28. The van der Waals surface area contributed by atoms with E-state index in [9.17, 15) is 14.9 Å². The summed E-state index contributed by atoms with van der Waals surface area (Å²) in [7, 11) is 3.54. The minimum absolute atomic E-state index is 0.159. The number of esters is 1. The Hall–Kier alpha value is -3.07. The predicted octanol–water partition coefficient (Wildman–Crippen LogP) is 2.06. The Balaban J connectivity index is 2.74. The molecule has 1 heterocycles. The summed E-state index contributed by atoms with van der Waals surface area (Å²) in [5.41, 5.74) is 0.474. The Morgan fingerprint density at radius 3 is 2.70 bits per heavy atom. The first-order valence-electron chi connectivity index (χ1n) is 7.10. The quantitative estimate of drug-likeness (QED) is 0.530. The number of anilines is 1. The van der Waals surface area contributed by atoms with Gasteiger partial charge in [-0.2, -0.15) is 5.26 Å². The molecule has 2 rings (SSSR count). The van der Waals surface area contributed by atoms with Gasteiger partial charge in [0, 0.05) is 19.5 Å². The number of pyridine rings is 1. The van der Waals surface area contributed by atoms with Crippen LogP contribution in [0.25, 0.3) is 17.0 Å². The number of para-hydroxylation sites is 1. The lowest BCUT2D eigenvalue weighted by molar-refractivity contribution is -0.137. The molecule has 0 aliphatic carbocycles. The molecule has 1 aromatic heterocycles. The van der Waals surface area contributed by atoms with Crippen LogP contribution in [-0.2, 0) is 9.53 Å². The number of nitrogens with zero attached hydrogens (tertiary/aromatic N) is 2. The van der Waals surface area contributed by atoms with Crippen molar-refractivity contribution in [2.24, 2.45) is 0 Å². The number of aromatic nitrogens is 1. The van der Waals surface area contributed by atoms with E-state index in [0.717, 1.165) is 0 Å². The first-order chi connectivity index (χ1) is 11.0. The number of carbonyl (C=O) groups is 1. The zero-order valence-electron chi connectivity index (χ0n) is 13.2. The fourth-order valence-corrected chi connectivity index (χ4v) is 2.21. The highest BCUT2D eigenvalue weighted by atomic mass is 16.5. The van der Waals surface area contributed by atoms with E-state index in [1.165, 1.54) is 6.08 Å². The van der Waals surface area contributed by atoms with Gasteiger partial charge < -0.3 is 14.6 Å². The largest absolute Gasteiger partial charge is 0.462 e. The molecule has 1 N–H and O–H groups in total. The summed E-state index contributed by atoms with van der Waals surface area (Å²) < 4.78 is 4.84. The lowest BCUT2D eigenvalue weighted by Crippen LogP contribution is -2.19. The van der Waals surface area contributed by atoms with Gasteiger partial charge in [0.05, 0.1) is 17.7 Å². The number of nitriles is 1. The summed E-state index contributed by atoms with van der Waals surface area (Å²) in [6.07, 6.45) is 1.28. The molecule has 0 radical (unpaired) electrons. The van der Waals surface area contributed by atoms with E-state index in [1.807, 2.05) is 6.07 Å². The van der Waals surface area contributed by atoms with Crippen LogP contribution in [0.2, 0.25) is 0 Å². The van der Waals surface area contributed by atoms with E-state index in [-0.39, 0.29) is 23.2 Å². The van der Waals surface area contributed by atoms with E-state index < -0.39 is 5.97 Å². The molecule has 0 fully saturated rings. The topological polar surface area (TPSA) is 86.2 Å². The van der Waals surface area contributed by atoms with Crippen LogP contribution in [-0.4, -0.2) is 31.7 Å². The first-order valence-corrected chi connectivity index (χ1v) is 7.10. The number of aromatic amines is 1. The number of ether oxygens (including phenoxy) is 1. The van der Waals surface area contributed by atoms with E-state index in [4.69, 9.17) is 4.74 Å². The fourth-order valence-electron chi connectivity index (χ4n) is 2.21. The maximum absolute atomic E-state index is 12.7. The Morgan fingerprint density at radius 2 is 2.09 bits per heavy atom. The molecule has 1 aromatic carbocycles. The van der Waals surface area contributed by atoms with Crippen molar-refractivity contribution >= 4 is 28.8 Å². The molecule has 0 atom stereocenters. The van der Waals surface area contributed by atoms with Crippen molar-refractivity contribution in [2.75, 3.05) is 25.6 Å². The normalized spacial score (nSPS) is 11.1. The summed E-state index contributed by atoms with van der Waals surface area (Å²) in [5.74, 6) is -0.224. The van der Waals surface area contributed by atoms with Crippen LogP contribution in [0.3, 0.4) is 0 Å². The van der Waals surface area contributed by atoms with E-state index in [2.05, 4.69) is 4.98 Å². The standard InChI is InChI=1S/C17H17N3O3/c1-4-23-17(22)11(10-18)9-13-15(21)12-7-5-6-8-14(12)19-16(13)20(2)3/h5-9H,4H2,1-3H3,(H,19,21)/b11-9+. The number of hydrogen-bond acceptors (Lipinski definition) is 5. The number of benzene rings is 1. The van der Waals surface area contributed by atoms with Crippen LogP contribution in [0.4, 0.5) is 5.82 Å². The molecule has 0 aliphatic heterocycles. The van der Waals surface area contributed by atoms with Crippen LogP contribution in [0.1, 0.15) is 12.5 Å². The van der Waals surface area contributed by atoms with Gasteiger partial charge in [0.2, 0.25) is 0 Å². The minimum atomic E-state index is -0.743. The van der Waals surface area contributed by atoms with Crippen molar-refractivity contribution in [2.45, 2.75) is 6.92 Å². The summed E-state index contributed by atoms with van der Waals surface area (Å²) in [6.45, 7) is 1.81. The Labute approximate surface area is 133 Å². The van der Waals surface area contributed by atoms with Gasteiger partial charge in [0.25, 0.3) is 0 Å². The molecule has 0 unspecified atom stereocenters. The van der Waals surface area contributed by atoms with Gasteiger partial charge in [-0.3, -0.25) is 4.79 Å². The maximum Gasteiger partial charge on any atom is 0.348 e. The van der Waals surface area contributed by atoms with Crippen LogP contribution in [0, 0.1) is 11.3 Å². The maximum atomic E-state index is 12.7. The van der Waals surface area contributed by atoms with E-state index in [1.54, 1.807) is 50.2 Å². The molecule has 0 saturated carbocycles. The van der Waals surface area contributed by atoms with Crippen molar-refractivity contribution < 1.29 is 9.53 Å². The smallest absolute Gasteiger partial charge is 0.348 e. The Morgan fingerprint density at radius 1 is 1.39 bits per heavy atom. The van der Waals surface area contributed by atoms with Gasteiger partial charge in [0.15, 0.2) is 5.43 Å². The number of rotatable bonds is 4. The molecule has 6 nitrogen and oxygen atoms in total. The number of nitrogens with one attached hydrogen (secondary N) is 1. The minimum Gasteiger partial charge on any atom is -0.462 e. The van der Waals surface area contributed by atoms with Crippen molar-refractivity contribution in [3.8, 4) is 6.07 Å². The molecule has 6 heteroatoms. The summed E-state index contributed by atoms with van der Waals surface area (Å²) >= 11 is 0. The average molecular weight is 311 g/mol. The van der Waals surface area contributed by atoms with Crippen molar-refractivity contribution in [1.29, 1.82) is 5.26 Å². The molecule has 0 amide bonds. The van der Waals surface area contributed by atoms with Gasteiger partial charge in [-0.1, -0.05) is 12.1 Å². The molecule has 0 aliphatic rings. The van der Waals surface area contributed by atoms with Gasteiger partial charge in [-0.05, 0) is 25.1 Å². The highest BCUT2D eigenvalue weighted by Crippen LogP contribution is 2.20. The molecule has 118 valence electrons. The van der Waals surface area contributed by atoms with Gasteiger partial charge in [-0.15, -0.1) is 0 Å². The monoisotopic (exact) mass is 311 g/mol. The van der Waals surface area contributed by atoms with Gasteiger partial charge in [-0.25, -0.2) is 4.79 Å². The molecular weight excluding hydrogens is 294 g/mol. The van der Waals surface area contributed by atoms with E-state index in [0.29, 0.717) is 16.7 Å². The number of fused-ring (bicyclic) bond motifs is 1. The highest BCUT2D eigenvalue weighted by Gasteiger charge is 2.16. The zero-order valence-corrected chi connectivity index (χ0v) is 13.2. The molecule has 0 spiro atoms. The zero-order chi connectivity index (χ0) is 17.0. The number of H-pyrrole nitrogens is 1. The third-order valence-corrected chi connectivity index (χ3v) is 3.28. The van der Waals surface area contributed by atoms with Crippen molar-refractivity contribution in [1.82, 2.24) is 4.98 Å². The first kappa shape index (κ1) is 16.3. The van der Waals surface area contributed by atoms with Gasteiger partial charge >= 0.3 is 5.97 Å². The van der Waals surface area contributed by atoms with Crippen LogP contribution >= 0.6 is 0 Å². The van der Waals surface area contributed by atoms with Crippen LogP contribution in [0.5, 0.6) is 0 Å². The summed E-state index contributed by atoms with van der Waals surface area (Å²) in [4.78, 5) is 29.4. The number of hydrogen-bond donors (Lipinski definition) is 1. The Kier molecular flexibility index (Phi) is 4.82. The second-order valence-corrected chi connectivity index (χ2v) is 5.05. The van der Waals surface area contributed by atoms with Crippen LogP contribution in [0.15, 0.2) is 34.6 Å².